The fourth-order valence-electron chi connectivity index (χ4n) is 1.34. The summed E-state index contributed by atoms with van der Waals surface area (Å²) < 4.78 is 0. The molecule has 0 bridgehead atoms. The van der Waals surface area contributed by atoms with Gasteiger partial charge in [-0.25, -0.2) is 0 Å². The molecule has 0 unspecified atom stereocenters. The molecule has 16 heavy (non-hydrogen) atoms. The maximum atomic E-state index is 11.1. The van der Waals surface area contributed by atoms with Crippen molar-refractivity contribution < 1.29 is 4.79 Å². The van der Waals surface area contributed by atoms with Crippen molar-refractivity contribution >= 4 is 17.7 Å². The van der Waals surface area contributed by atoms with E-state index in [1.54, 1.807) is 0 Å². The van der Waals surface area contributed by atoms with Gasteiger partial charge in [-0.2, -0.15) is 0 Å². The summed E-state index contributed by atoms with van der Waals surface area (Å²) in [7, 11) is 0. The zero-order chi connectivity index (χ0) is 12.0. The molecule has 0 fully saturated rings. The first-order valence-corrected chi connectivity index (χ1v) is 6.49. The van der Waals surface area contributed by atoms with Crippen LogP contribution >= 0.6 is 11.8 Å². The highest BCUT2D eigenvalue weighted by molar-refractivity contribution is 7.99. The zero-order valence-corrected chi connectivity index (χ0v) is 10.7. The second-order valence-electron chi connectivity index (χ2n) is 4.51. The SMILES string of the molecule is CC(C)(CCCSc1ccccc1)C(N)=O. The zero-order valence-electron chi connectivity index (χ0n) is 9.90. The highest BCUT2D eigenvalue weighted by Crippen LogP contribution is 2.25. The largest absolute Gasteiger partial charge is 0.369 e. The van der Waals surface area contributed by atoms with Gasteiger partial charge in [0.15, 0.2) is 0 Å². The highest BCUT2D eigenvalue weighted by atomic mass is 32.2. The highest BCUT2D eigenvalue weighted by Gasteiger charge is 2.23. The van der Waals surface area contributed by atoms with Crippen LogP contribution in [-0.2, 0) is 4.79 Å². The molecule has 0 aliphatic rings. The first-order chi connectivity index (χ1) is 7.52. The lowest BCUT2D eigenvalue weighted by atomic mass is 9.87. The Bertz CT molecular complexity index is 335. The summed E-state index contributed by atoms with van der Waals surface area (Å²) in [4.78, 5) is 12.4. The van der Waals surface area contributed by atoms with Gasteiger partial charge in [-0.15, -0.1) is 11.8 Å². The predicted molar refractivity (Wildman–Crippen MR) is 69.4 cm³/mol. The first-order valence-electron chi connectivity index (χ1n) is 5.50. The van der Waals surface area contributed by atoms with E-state index in [9.17, 15) is 4.79 Å². The molecular weight excluding hydrogens is 218 g/mol. The third-order valence-electron chi connectivity index (χ3n) is 2.63. The van der Waals surface area contributed by atoms with Crippen LogP contribution in [0.1, 0.15) is 26.7 Å². The summed E-state index contributed by atoms with van der Waals surface area (Å²) in [6, 6.07) is 10.3. The van der Waals surface area contributed by atoms with E-state index in [-0.39, 0.29) is 11.3 Å². The Morgan fingerprint density at radius 1 is 1.31 bits per heavy atom. The third-order valence-corrected chi connectivity index (χ3v) is 3.72. The second-order valence-corrected chi connectivity index (χ2v) is 5.68. The Hall–Kier alpha value is -0.960. The minimum absolute atomic E-state index is 0.211. The molecule has 2 N–H and O–H groups in total. The van der Waals surface area contributed by atoms with Gasteiger partial charge in [0.25, 0.3) is 0 Å². The summed E-state index contributed by atoms with van der Waals surface area (Å²) >= 11 is 1.82. The number of primary amides is 1. The van der Waals surface area contributed by atoms with Crippen molar-refractivity contribution in [2.24, 2.45) is 11.1 Å². The van der Waals surface area contributed by atoms with Gasteiger partial charge in [0, 0.05) is 10.3 Å². The lowest BCUT2D eigenvalue weighted by Gasteiger charge is -2.19. The predicted octanol–water partition coefficient (Wildman–Crippen LogP) is 3.07. The van der Waals surface area contributed by atoms with E-state index < -0.39 is 0 Å². The molecule has 0 aliphatic heterocycles. The van der Waals surface area contributed by atoms with Crippen LogP contribution in [0, 0.1) is 5.41 Å². The van der Waals surface area contributed by atoms with E-state index in [2.05, 4.69) is 12.1 Å². The number of amides is 1. The molecule has 1 amide bonds. The smallest absolute Gasteiger partial charge is 0.223 e. The normalized spacial score (nSPS) is 11.4. The van der Waals surface area contributed by atoms with E-state index in [1.165, 1.54) is 4.90 Å². The number of carbonyl (C=O) groups excluding carboxylic acids is 1. The van der Waals surface area contributed by atoms with Crippen molar-refractivity contribution in [2.45, 2.75) is 31.6 Å². The van der Waals surface area contributed by atoms with E-state index in [4.69, 9.17) is 5.73 Å². The average molecular weight is 237 g/mol. The second kappa shape index (κ2) is 5.94. The van der Waals surface area contributed by atoms with E-state index in [0.717, 1.165) is 18.6 Å². The maximum Gasteiger partial charge on any atom is 0.223 e. The van der Waals surface area contributed by atoms with Gasteiger partial charge < -0.3 is 5.73 Å². The third kappa shape index (κ3) is 4.27. The van der Waals surface area contributed by atoms with Crippen LogP contribution in [-0.4, -0.2) is 11.7 Å². The molecule has 0 saturated heterocycles. The van der Waals surface area contributed by atoms with Crippen LogP contribution in [0.4, 0.5) is 0 Å². The fourth-order valence-corrected chi connectivity index (χ4v) is 2.22. The van der Waals surface area contributed by atoms with Crippen LogP contribution in [0.5, 0.6) is 0 Å². The van der Waals surface area contributed by atoms with Gasteiger partial charge in [-0.3, -0.25) is 4.79 Å². The van der Waals surface area contributed by atoms with Gasteiger partial charge in [-0.1, -0.05) is 32.0 Å². The van der Waals surface area contributed by atoms with Gasteiger partial charge in [-0.05, 0) is 30.7 Å². The molecule has 0 radical (unpaired) electrons. The molecule has 88 valence electrons. The first kappa shape index (κ1) is 13.1. The maximum absolute atomic E-state index is 11.1. The van der Waals surface area contributed by atoms with Crippen LogP contribution < -0.4 is 5.73 Å². The molecule has 1 rings (SSSR count). The van der Waals surface area contributed by atoms with Crippen LogP contribution in [0.15, 0.2) is 35.2 Å². The molecule has 1 aromatic rings. The number of nitrogens with two attached hydrogens (primary N) is 1. The van der Waals surface area contributed by atoms with Crippen LogP contribution in [0.2, 0.25) is 0 Å². The number of carbonyl (C=O) groups is 1. The van der Waals surface area contributed by atoms with Crippen molar-refractivity contribution in [3.8, 4) is 0 Å². The molecule has 0 saturated carbocycles. The molecule has 0 heterocycles. The number of hydrogen-bond acceptors (Lipinski definition) is 2. The van der Waals surface area contributed by atoms with Crippen molar-refractivity contribution in [3.63, 3.8) is 0 Å². The Labute approximate surface area is 102 Å². The van der Waals surface area contributed by atoms with Crippen molar-refractivity contribution in [2.75, 3.05) is 5.75 Å². The molecule has 3 heteroatoms. The molecule has 2 nitrogen and oxygen atoms in total. The molecular formula is C13H19NOS. The van der Waals surface area contributed by atoms with Crippen LogP contribution in [0.3, 0.4) is 0 Å². The molecule has 0 spiro atoms. The summed E-state index contributed by atoms with van der Waals surface area (Å²) in [6.07, 6.45) is 1.86. The quantitative estimate of drug-likeness (QED) is 0.610. The minimum atomic E-state index is -0.378. The van der Waals surface area contributed by atoms with Gasteiger partial charge in [0.1, 0.15) is 0 Å². The fraction of sp³-hybridized carbons (Fsp3) is 0.462. The van der Waals surface area contributed by atoms with Gasteiger partial charge in [0.05, 0.1) is 0 Å². The summed E-state index contributed by atoms with van der Waals surface area (Å²) in [5, 5.41) is 0. The van der Waals surface area contributed by atoms with E-state index >= 15 is 0 Å². The molecule has 0 aromatic heterocycles. The van der Waals surface area contributed by atoms with Crippen LogP contribution in [0.25, 0.3) is 0 Å². The van der Waals surface area contributed by atoms with E-state index in [1.807, 2.05) is 43.8 Å². The van der Waals surface area contributed by atoms with Crippen molar-refractivity contribution in [1.82, 2.24) is 0 Å². The standard InChI is InChI=1S/C13H19NOS/c1-13(2,12(14)15)9-6-10-16-11-7-4-3-5-8-11/h3-5,7-8H,6,9-10H2,1-2H3,(H2,14,15). The summed E-state index contributed by atoms with van der Waals surface area (Å²) in [5.41, 5.74) is 4.94. The van der Waals surface area contributed by atoms with E-state index in [0.29, 0.717) is 0 Å². The Morgan fingerprint density at radius 2 is 1.94 bits per heavy atom. The van der Waals surface area contributed by atoms with Crippen molar-refractivity contribution in [3.05, 3.63) is 30.3 Å². The molecule has 1 aromatic carbocycles. The Morgan fingerprint density at radius 3 is 2.50 bits per heavy atom. The number of hydrogen-bond donors (Lipinski definition) is 1. The minimum Gasteiger partial charge on any atom is -0.369 e. The van der Waals surface area contributed by atoms with Gasteiger partial charge in [0.2, 0.25) is 5.91 Å². The van der Waals surface area contributed by atoms with Gasteiger partial charge >= 0.3 is 0 Å². The number of benzene rings is 1. The molecule has 0 aliphatic carbocycles. The molecule has 0 atom stereocenters. The lowest BCUT2D eigenvalue weighted by Crippen LogP contribution is -2.31. The summed E-state index contributed by atoms with van der Waals surface area (Å²) in [5.74, 6) is 0.818. The summed E-state index contributed by atoms with van der Waals surface area (Å²) in [6.45, 7) is 3.81. The Balaban J connectivity index is 2.25. The monoisotopic (exact) mass is 237 g/mol. The number of rotatable bonds is 6. The average Bonchev–Trinajstić information content (AvgIpc) is 2.26. The van der Waals surface area contributed by atoms with Crippen molar-refractivity contribution in [1.29, 1.82) is 0 Å². The number of thioether (sulfide) groups is 1. The lowest BCUT2D eigenvalue weighted by molar-refractivity contribution is -0.126. The topological polar surface area (TPSA) is 43.1 Å². The Kier molecular flexibility index (Phi) is 4.87.